The molecule has 158 valence electrons. The van der Waals surface area contributed by atoms with Gasteiger partial charge in [-0.1, -0.05) is 48.0 Å². The highest BCUT2D eigenvalue weighted by molar-refractivity contribution is 6.30. The summed E-state index contributed by atoms with van der Waals surface area (Å²) in [5.41, 5.74) is 3.50. The van der Waals surface area contributed by atoms with Gasteiger partial charge in [0, 0.05) is 17.0 Å². The van der Waals surface area contributed by atoms with Crippen molar-refractivity contribution >= 4 is 11.6 Å². The fourth-order valence-electron chi connectivity index (χ4n) is 3.59. The molecular formula is C26H29ClFNO. The van der Waals surface area contributed by atoms with Crippen LogP contribution < -0.4 is 10.1 Å². The number of ether oxygens (including phenoxy) is 1. The smallest absolute Gasteiger partial charge is 0.123 e. The van der Waals surface area contributed by atoms with Gasteiger partial charge in [0.05, 0.1) is 6.10 Å². The van der Waals surface area contributed by atoms with Crippen LogP contribution in [0.3, 0.4) is 0 Å². The van der Waals surface area contributed by atoms with E-state index in [1.807, 2.05) is 62.4 Å². The van der Waals surface area contributed by atoms with Crippen LogP contribution in [0.4, 0.5) is 4.39 Å². The van der Waals surface area contributed by atoms with E-state index in [1.165, 1.54) is 23.3 Å². The largest absolute Gasteiger partial charge is 0.491 e. The molecule has 3 aromatic rings. The van der Waals surface area contributed by atoms with Crippen LogP contribution in [0.5, 0.6) is 5.75 Å². The molecular weight excluding hydrogens is 397 g/mol. The van der Waals surface area contributed by atoms with Crippen molar-refractivity contribution in [3.8, 4) is 5.75 Å². The summed E-state index contributed by atoms with van der Waals surface area (Å²) in [5, 5.41) is 4.34. The van der Waals surface area contributed by atoms with Crippen molar-refractivity contribution in [2.24, 2.45) is 0 Å². The Kier molecular flexibility index (Phi) is 7.89. The number of rotatable bonds is 9. The lowest BCUT2D eigenvalue weighted by Gasteiger charge is -2.21. The van der Waals surface area contributed by atoms with Crippen LogP contribution in [0, 0.1) is 5.82 Å². The zero-order chi connectivity index (χ0) is 21.5. The van der Waals surface area contributed by atoms with Gasteiger partial charge in [-0.2, -0.15) is 0 Å². The molecule has 0 heterocycles. The Bertz CT molecular complexity index is 907. The molecule has 3 aromatic carbocycles. The summed E-state index contributed by atoms with van der Waals surface area (Å²) in [6, 6.07) is 23.2. The molecule has 2 atom stereocenters. The SMILES string of the molecule is CC(C)Oc1ccc(C(CCNC(C)c2ccc(Cl)cc2)c2ccc(F)cc2)cc1. The Morgan fingerprint density at radius 1 is 0.800 bits per heavy atom. The molecule has 2 nitrogen and oxygen atoms in total. The van der Waals surface area contributed by atoms with Crippen molar-refractivity contribution in [2.45, 2.75) is 45.3 Å². The van der Waals surface area contributed by atoms with Crippen LogP contribution >= 0.6 is 11.6 Å². The van der Waals surface area contributed by atoms with Crippen LogP contribution in [0.25, 0.3) is 0 Å². The summed E-state index contributed by atoms with van der Waals surface area (Å²) in [6.45, 7) is 7.01. The third kappa shape index (κ3) is 6.32. The molecule has 0 aliphatic heterocycles. The molecule has 1 N–H and O–H groups in total. The van der Waals surface area contributed by atoms with Gasteiger partial charge >= 0.3 is 0 Å². The summed E-state index contributed by atoms with van der Waals surface area (Å²) >= 11 is 5.99. The highest BCUT2D eigenvalue weighted by Gasteiger charge is 2.16. The number of hydrogen-bond donors (Lipinski definition) is 1. The first-order chi connectivity index (χ1) is 14.4. The molecule has 4 heteroatoms. The lowest BCUT2D eigenvalue weighted by atomic mass is 9.88. The second-order valence-corrected chi connectivity index (χ2v) is 8.29. The Balaban J connectivity index is 1.71. The lowest BCUT2D eigenvalue weighted by Crippen LogP contribution is -2.21. The molecule has 0 aliphatic rings. The summed E-state index contributed by atoms with van der Waals surface area (Å²) < 4.78 is 19.2. The van der Waals surface area contributed by atoms with E-state index in [0.717, 1.165) is 29.3 Å². The Morgan fingerprint density at radius 2 is 1.33 bits per heavy atom. The molecule has 0 bridgehead atoms. The van der Waals surface area contributed by atoms with Crippen molar-refractivity contribution in [2.75, 3.05) is 6.54 Å². The molecule has 30 heavy (non-hydrogen) atoms. The van der Waals surface area contributed by atoms with E-state index < -0.39 is 0 Å². The molecule has 0 amide bonds. The number of halogens is 2. The first-order valence-electron chi connectivity index (χ1n) is 10.4. The minimum Gasteiger partial charge on any atom is -0.491 e. The van der Waals surface area contributed by atoms with Crippen molar-refractivity contribution in [1.82, 2.24) is 5.32 Å². The molecule has 0 fully saturated rings. The van der Waals surface area contributed by atoms with Gasteiger partial charge in [-0.3, -0.25) is 0 Å². The monoisotopic (exact) mass is 425 g/mol. The molecule has 2 unspecified atom stereocenters. The van der Waals surface area contributed by atoms with Crippen LogP contribution in [0.15, 0.2) is 72.8 Å². The summed E-state index contributed by atoms with van der Waals surface area (Å²) in [7, 11) is 0. The molecule has 0 aliphatic carbocycles. The van der Waals surface area contributed by atoms with Crippen LogP contribution in [0.1, 0.15) is 55.8 Å². The van der Waals surface area contributed by atoms with E-state index in [0.29, 0.717) is 0 Å². The van der Waals surface area contributed by atoms with E-state index in [2.05, 4.69) is 24.4 Å². The van der Waals surface area contributed by atoms with Gasteiger partial charge in [0.15, 0.2) is 0 Å². The summed E-state index contributed by atoms with van der Waals surface area (Å²) in [6.07, 6.45) is 1.04. The predicted octanol–water partition coefficient (Wildman–Crippen LogP) is 7.14. The van der Waals surface area contributed by atoms with Gasteiger partial charge in [0.1, 0.15) is 11.6 Å². The highest BCUT2D eigenvalue weighted by Crippen LogP contribution is 2.30. The van der Waals surface area contributed by atoms with Gasteiger partial charge in [0.2, 0.25) is 0 Å². The zero-order valence-corrected chi connectivity index (χ0v) is 18.5. The Labute approximate surface area is 184 Å². The van der Waals surface area contributed by atoms with Crippen LogP contribution in [0.2, 0.25) is 5.02 Å². The maximum atomic E-state index is 13.5. The van der Waals surface area contributed by atoms with Crippen molar-refractivity contribution in [3.63, 3.8) is 0 Å². The molecule has 0 spiro atoms. The molecule has 0 radical (unpaired) electrons. The standard InChI is InChI=1S/C26H29ClFNO/c1-18(2)30-25-14-8-22(9-15-25)26(21-6-12-24(28)13-7-21)16-17-29-19(3)20-4-10-23(27)11-5-20/h4-15,18-19,26,29H,16-17H2,1-3H3. The number of hydrogen-bond acceptors (Lipinski definition) is 2. The second kappa shape index (κ2) is 10.6. The van der Waals surface area contributed by atoms with Crippen molar-refractivity contribution < 1.29 is 9.13 Å². The van der Waals surface area contributed by atoms with E-state index in [9.17, 15) is 4.39 Å². The van der Waals surface area contributed by atoms with Crippen molar-refractivity contribution in [3.05, 3.63) is 100 Å². The average Bonchev–Trinajstić information content (AvgIpc) is 2.73. The fourth-order valence-corrected chi connectivity index (χ4v) is 3.71. The predicted molar refractivity (Wildman–Crippen MR) is 123 cm³/mol. The number of benzene rings is 3. The summed E-state index contributed by atoms with van der Waals surface area (Å²) in [5.74, 6) is 0.817. The molecule has 0 saturated heterocycles. The van der Waals surface area contributed by atoms with E-state index >= 15 is 0 Å². The average molecular weight is 426 g/mol. The fraction of sp³-hybridized carbons (Fsp3) is 0.308. The molecule has 0 saturated carbocycles. The van der Waals surface area contributed by atoms with Gasteiger partial charge in [-0.25, -0.2) is 4.39 Å². The van der Waals surface area contributed by atoms with Crippen LogP contribution in [-0.4, -0.2) is 12.6 Å². The lowest BCUT2D eigenvalue weighted by molar-refractivity contribution is 0.242. The normalized spacial score (nSPS) is 13.3. The van der Waals surface area contributed by atoms with Crippen molar-refractivity contribution in [1.29, 1.82) is 0 Å². The van der Waals surface area contributed by atoms with E-state index in [1.54, 1.807) is 0 Å². The quantitative estimate of drug-likeness (QED) is 0.393. The molecule has 0 aromatic heterocycles. The second-order valence-electron chi connectivity index (χ2n) is 7.86. The van der Waals surface area contributed by atoms with E-state index in [4.69, 9.17) is 16.3 Å². The first-order valence-corrected chi connectivity index (χ1v) is 10.8. The third-order valence-electron chi connectivity index (χ3n) is 5.18. The maximum absolute atomic E-state index is 13.5. The Morgan fingerprint density at radius 3 is 1.90 bits per heavy atom. The number of nitrogens with one attached hydrogen (secondary N) is 1. The topological polar surface area (TPSA) is 21.3 Å². The van der Waals surface area contributed by atoms with Gasteiger partial charge < -0.3 is 10.1 Å². The molecule has 3 rings (SSSR count). The maximum Gasteiger partial charge on any atom is 0.123 e. The van der Waals surface area contributed by atoms with Crippen LogP contribution in [-0.2, 0) is 0 Å². The van der Waals surface area contributed by atoms with Gasteiger partial charge in [-0.15, -0.1) is 0 Å². The Hall–Kier alpha value is -2.36. The van der Waals surface area contributed by atoms with Gasteiger partial charge in [-0.05, 0) is 86.8 Å². The minimum atomic E-state index is -0.215. The minimum absolute atomic E-state index is 0.141. The third-order valence-corrected chi connectivity index (χ3v) is 5.43. The van der Waals surface area contributed by atoms with E-state index in [-0.39, 0.29) is 23.9 Å². The zero-order valence-electron chi connectivity index (χ0n) is 17.7. The summed E-state index contributed by atoms with van der Waals surface area (Å²) in [4.78, 5) is 0. The van der Waals surface area contributed by atoms with Gasteiger partial charge in [0.25, 0.3) is 0 Å². The highest BCUT2D eigenvalue weighted by atomic mass is 35.5. The first kappa shape index (κ1) is 22.3.